The van der Waals surface area contributed by atoms with E-state index >= 15 is 0 Å². The van der Waals surface area contributed by atoms with E-state index in [1.165, 1.54) is 19.9 Å². The van der Waals surface area contributed by atoms with Crippen LogP contribution in [0.15, 0.2) is 35.6 Å². The standard InChI is InChI=1S/C15H21O8P/c1-4-5-6-7-8-15(3)13(16)12(14(17)18)11(22-15)9-10(2)23-24(19,20)21/h5-8,10H,4,9H2,1-3H3,(H,17,18)(H2,19,20,21)/b6-5+,8-7+. The number of hydrogen-bond acceptors (Lipinski definition) is 5. The fourth-order valence-electron chi connectivity index (χ4n) is 2.18. The second-order valence-corrected chi connectivity index (χ2v) is 6.64. The highest BCUT2D eigenvalue weighted by Gasteiger charge is 2.47. The summed E-state index contributed by atoms with van der Waals surface area (Å²) in [5, 5.41) is 9.25. The molecular formula is C15H21O8P. The van der Waals surface area contributed by atoms with E-state index in [9.17, 15) is 19.3 Å². The number of rotatable bonds is 8. The Kier molecular flexibility index (Phi) is 6.68. The zero-order valence-electron chi connectivity index (χ0n) is 13.6. The summed E-state index contributed by atoms with van der Waals surface area (Å²) in [5.41, 5.74) is -2.02. The molecule has 1 aliphatic heterocycles. The van der Waals surface area contributed by atoms with Crippen molar-refractivity contribution in [2.24, 2.45) is 0 Å². The predicted octanol–water partition coefficient (Wildman–Crippen LogP) is 2.09. The van der Waals surface area contributed by atoms with Crippen molar-refractivity contribution in [2.45, 2.75) is 45.3 Å². The van der Waals surface area contributed by atoms with Gasteiger partial charge in [-0.3, -0.25) is 9.32 Å². The van der Waals surface area contributed by atoms with E-state index in [1.54, 1.807) is 12.2 Å². The number of hydrogen-bond donors (Lipinski definition) is 3. The fourth-order valence-corrected chi connectivity index (χ4v) is 2.73. The minimum Gasteiger partial charge on any atom is -0.478 e. The van der Waals surface area contributed by atoms with Crippen molar-refractivity contribution in [3.05, 3.63) is 35.6 Å². The topological polar surface area (TPSA) is 130 Å². The van der Waals surface area contributed by atoms with Crippen molar-refractivity contribution in [1.29, 1.82) is 0 Å². The maximum atomic E-state index is 12.4. The van der Waals surface area contributed by atoms with Crippen LogP contribution in [0.5, 0.6) is 0 Å². The highest BCUT2D eigenvalue weighted by atomic mass is 31.2. The van der Waals surface area contributed by atoms with E-state index in [4.69, 9.17) is 14.5 Å². The monoisotopic (exact) mass is 360 g/mol. The average Bonchev–Trinajstić information content (AvgIpc) is 2.64. The molecule has 1 heterocycles. The summed E-state index contributed by atoms with van der Waals surface area (Å²) < 4.78 is 20.8. The number of allylic oxidation sites excluding steroid dienone is 3. The minimum absolute atomic E-state index is 0.167. The molecule has 0 radical (unpaired) electrons. The van der Waals surface area contributed by atoms with Gasteiger partial charge in [-0.1, -0.05) is 25.2 Å². The zero-order chi connectivity index (χ0) is 18.5. The molecule has 8 nitrogen and oxygen atoms in total. The van der Waals surface area contributed by atoms with Gasteiger partial charge in [0, 0.05) is 6.42 Å². The first-order valence-electron chi connectivity index (χ1n) is 7.28. The van der Waals surface area contributed by atoms with Gasteiger partial charge in [-0.2, -0.15) is 0 Å². The number of carbonyl (C=O) groups is 2. The number of ether oxygens (including phenoxy) is 1. The Morgan fingerprint density at radius 3 is 2.54 bits per heavy atom. The first-order valence-corrected chi connectivity index (χ1v) is 8.81. The van der Waals surface area contributed by atoms with Gasteiger partial charge in [0.15, 0.2) is 5.60 Å². The van der Waals surface area contributed by atoms with Crippen LogP contribution in [-0.2, 0) is 23.4 Å². The number of carbonyl (C=O) groups excluding carboxylic acids is 1. The summed E-state index contributed by atoms with van der Waals surface area (Å²) in [6.45, 7) is 4.71. The number of Topliss-reactive ketones (excluding diaryl/α,β-unsaturated/α-hetero) is 1. The molecule has 3 N–H and O–H groups in total. The predicted molar refractivity (Wildman–Crippen MR) is 84.9 cm³/mol. The van der Waals surface area contributed by atoms with Gasteiger partial charge in [0.1, 0.15) is 11.3 Å². The lowest BCUT2D eigenvalue weighted by Crippen LogP contribution is -2.32. The van der Waals surface area contributed by atoms with Crippen molar-refractivity contribution in [2.75, 3.05) is 0 Å². The lowest BCUT2D eigenvalue weighted by molar-refractivity contribution is -0.135. The SMILES string of the molecule is CC/C=C/C=C/C1(C)OC(CC(C)OP(=O)(O)O)=C(C(=O)O)C1=O. The van der Waals surface area contributed by atoms with Crippen LogP contribution in [0.3, 0.4) is 0 Å². The molecule has 1 aliphatic rings. The summed E-state index contributed by atoms with van der Waals surface area (Å²) in [5.74, 6) is -2.35. The molecule has 0 saturated carbocycles. The van der Waals surface area contributed by atoms with Crippen LogP contribution in [0.2, 0.25) is 0 Å². The molecule has 0 aromatic rings. The Hall–Kier alpha value is -1.73. The third-order valence-electron chi connectivity index (χ3n) is 3.19. The third kappa shape index (κ3) is 5.42. The number of phosphoric acid groups is 1. The smallest absolute Gasteiger partial charge is 0.469 e. The molecule has 0 amide bonds. The van der Waals surface area contributed by atoms with Crippen LogP contribution in [0.25, 0.3) is 0 Å². The average molecular weight is 360 g/mol. The van der Waals surface area contributed by atoms with E-state index in [-0.39, 0.29) is 12.2 Å². The Bertz CT molecular complexity index is 642. The quantitative estimate of drug-likeness (QED) is 0.341. The molecule has 2 atom stereocenters. The van der Waals surface area contributed by atoms with Crippen LogP contribution in [0.1, 0.15) is 33.6 Å². The molecule has 2 unspecified atom stereocenters. The first kappa shape index (κ1) is 20.3. The van der Waals surface area contributed by atoms with Crippen molar-refractivity contribution >= 4 is 19.6 Å². The van der Waals surface area contributed by atoms with Crippen molar-refractivity contribution < 1.29 is 38.3 Å². The molecule has 0 aliphatic carbocycles. The number of phosphoric ester groups is 1. The van der Waals surface area contributed by atoms with E-state index in [1.807, 2.05) is 13.0 Å². The van der Waals surface area contributed by atoms with Crippen LogP contribution in [-0.4, -0.2) is 38.4 Å². The van der Waals surface area contributed by atoms with E-state index in [0.717, 1.165) is 6.42 Å². The molecule has 9 heteroatoms. The Labute approximate surface area is 139 Å². The van der Waals surface area contributed by atoms with Crippen LogP contribution in [0, 0.1) is 0 Å². The molecule has 0 spiro atoms. The summed E-state index contributed by atoms with van der Waals surface area (Å²) in [6.07, 6.45) is 6.09. The van der Waals surface area contributed by atoms with E-state index < -0.39 is 36.9 Å². The maximum Gasteiger partial charge on any atom is 0.469 e. The van der Waals surface area contributed by atoms with Crippen LogP contribution < -0.4 is 0 Å². The highest BCUT2D eigenvalue weighted by Crippen LogP contribution is 2.41. The van der Waals surface area contributed by atoms with Gasteiger partial charge in [0.25, 0.3) is 0 Å². The van der Waals surface area contributed by atoms with Gasteiger partial charge in [0.2, 0.25) is 5.78 Å². The summed E-state index contributed by atoms with van der Waals surface area (Å²) in [4.78, 5) is 41.3. The number of carboxylic acid groups (broad SMARTS) is 1. The fraction of sp³-hybridized carbons (Fsp3) is 0.467. The Balaban J connectivity index is 3.02. The van der Waals surface area contributed by atoms with Gasteiger partial charge < -0.3 is 19.6 Å². The van der Waals surface area contributed by atoms with Crippen molar-refractivity contribution in [3.63, 3.8) is 0 Å². The summed E-state index contributed by atoms with van der Waals surface area (Å²) >= 11 is 0. The zero-order valence-corrected chi connectivity index (χ0v) is 14.5. The molecule has 1 rings (SSSR count). The molecule has 134 valence electrons. The number of carboxylic acids is 1. The largest absolute Gasteiger partial charge is 0.478 e. The van der Waals surface area contributed by atoms with Crippen LogP contribution >= 0.6 is 7.82 Å². The number of ketones is 1. The Morgan fingerprint density at radius 1 is 1.42 bits per heavy atom. The molecule has 0 aromatic carbocycles. The molecule has 24 heavy (non-hydrogen) atoms. The Morgan fingerprint density at radius 2 is 2.04 bits per heavy atom. The van der Waals surface area contributed by atoms with Gasteiger partial charge in [-0.15, -0.1) is 0 Å². The van der Waals surface area contributed by atoms with Gasteiger partial charge in [-0.25, -0.2) is 9.36 Å². The molecular weight excluding hydrogens is 339 g/mol. The van der Waals surface area contributed by atoms with Crippen LogP contribution in [0.4, 0.5) is 0 Å². The first-order chi connectivity index (χ1) is 11.0. The molecule has 0 aromatic heterocycles. The molecule has 0 bridgehead atoms. The highest BCUT2D eigenvalue weighted by molar-refractivity contribution is 7.46. The normalized spacial score (nSPS) is 23.3. The van der Waals surface area contributed by atoms with Crippen molar-refractivity contribution in [1.82, 2.24) is 0 Å². The molecule has 0 fully saturated rings. The van der Waals surface area contributed by atoms with Gasteiger partial charge >= 0.3 is 13.8 Å². The van der Waals surface area contributed by atoms with Gasteiger partial charge in [-0.05, 0) is 26.3 Å². The van der Waals surface area contributed by atoms with E-state index in [0.29, 0.717) is 0 Å². The summed E-state index contributed by atoms with van der Waals surface area (Å²) in [6, 6.07) is 0. The lowest BCUT2D eigenvalue weighted by Gasteiger charge is -2.21. The number of aliphatic carboxylic acids is 1. The van der Waals surface area contributed by atoms with Crippen molar-refractivity contribution in [3.8, 4) is 0 Å². The van der Waals surface area contributed by atoms with E-state index in [2.05, 4.69) is 4.52 Å². The maximum absolute atomic E-state index is 12.4. The second-order valence-electron chi connectivity index (χ2n) is 5.45. The minimum atomic E-state index is -4.73. The summed E-state index contributed by atoms with van der Waals surface area (Å²) in [7, 11) is -4.73. The third-order valence-corrected chi connectivity index (χ3v) is 3.83. The van der Waals surface area contributed by atoms with Gasteiger partial charge in [0.05, 0.1) is 6.10 Å². The molecule has 0 saturated heterocycles. The second kappa shape index (κ2) is 7.90. The lowest BCUT2D eigenvalue weighted by atomic mass is 9.96.